The molecule has 18 heavy (non-hydrogen) atoms. The maximum Gasteiger partial charge on any atom is 0.302 e. The molecule has 3 atom stereocenters. The van der Waals surface area contributed by atoms with Crippen molar-refractivity contribution in [2.45, 2.75) is 44.2 Å². The van der Waals surface area contributed by atoms with Gasteiger partial charge in [0.15, 0.2) is 0 Å². The zero-order valence-corrected chi connectivity index (χ0v) is 10.9. The molecular weight excluding hydrogens is 261 g/mol. The summed E-state index contributed by atoms with van der Waals surface area (Å²) in [5.41, 5.74) is 0. The number of halogens is 1. The van der Waals surface area contributed by atoms with Crippen LogP contribution in [0.4, 0.5) is 3.89 Å². The number of likely N-dealkylation sites (tertiary alicyclic amines) is 1. The van der Waals surface area contributed by atoms with Crippen LogP contribution in [0.5, 0.6) is 0 Å². The number of aliphatic hydroxyl groups is 1. The largest absolute Gasteiger partial charge is 0.393 e. The van der Waals surface area contributed by atoms with Crippen LogP contribution < -0.4 is 0 Å². The predicted octanol–water partition coefficient (Wildman–Crippen LogP) is 0.438. The zero-order valence-electron chi connectivity index (χ0n) is 10.1. The van der Waals surface area contributed by atoms with E-state index < -0.39 is 21.9 Å². The summed E-state index contributed by atoms with van der Waals surface area (Å²) in [4.78, 5) is 13.4. The number of hydrogen-bond donors (Lipinski definition) is 1. The molecule has 1 amide bonds. The first-order valence-corrected chi connectivity index (χ1v) is 7.80. The van der Waals surface area contributed by atoms with Crippen LogP contribution in [-0.4, -0.2) is 48.8 Å². The van der Waals surface area contributed by atoms with Gasteiger partial charge in [0.2, 0.25) is 5.91 Å². The van der Waals surface area contributed by atoms with Crippen LogP contribution in [0.1, 0.15) is 32.1 Å². The van der Waals surface area contributed by atoms with Crippen LogP contribution in [0, 0.1) is 5.92 Å². The normalized spacial score (nSPS) is 34.0. The van der Waals surface area contributed by atoms with Gasteiger partial charge in [0, 0.05) is 24.9 Å². The Bertz CT molecular complexity index is 425. The second kappa shape index (κ2) is 5.13. The number of aliphatic hydroxyl groups excluding tert-OH is 1. The Morgan fingerprint density at radius 1 is 1.39 bits per heavy atom. The SMILES string of the molecule is O=C1CC(CS(=O)(=O)F)CN1C1CCCC(O)C1. The van der Waals surface area contributed by atoms with E-state index in [-0.39, 0.29) is 24.5 Å². The van der Waals surface area contributed by atoms with E-state index in [0.717, 1.165) is 19.3 Å². The lowest BCUT2D eigenvalue weighted by molar-refractivity contribution is -0.130. The summed E-state index contributed by atoms with van der Waals surface area (Å²) in [5, 5.41) is 9.58. The van der Waals surface area contributed by atoms with Crippen LogP contribution in [-0.2, 0) is 15.0 Å². The van der Waals surface area contributed by atoms with Gasteiger partial charge in [-0.3, -0.25) is 4.79 Å². The lowest BCUT2D eigenvalue weighted by Crippen LogP contribution is -2.41. The molecule has 7 heteroatoms. The highest BCUT2D eigenvalue weighted by molar-refractivity contribution is 7.86. The molecule has 2 rings (SSSR count). The van der Waals surface area contributed by atoms with Gasteiger partial charge in [-0.05, 0) is 25.7 Å². The number of carbonyl (C=O) groups excluding carboxylic acids is 1. The first-order chi connectivity index (χ1) is 8.35. The van der Waals surface area contributed by atoms with Crippen LogP contribution in [0.15, 0.2) is 0 Å². The molecule has 1 saturated carbocycles. The van der Waals surface area contributed by atoms with Crippen molar-refractivity contribution in [3.05, 3.63) is 0 Å². The lowest BCUT2D eigenvalue weighted by Gasteiger charge is -2.33. The zero-order chi connectivity index (χ0) is 13.3. The predicted molar refractivity (Wildman–Crippen MR) is 63.0 cm³/mol. The third kappa shape index (κ3) is 3.41. The molecule has 2 aliphatic rings. The number of hydrogen-bond acceptors (Lipinski definition) is 4. The second-order valence-corrected chi connectivity index (χ2v) is 6.71. The van der Waals surface area contributed by atoms with Crippen molar-refractivity contribution in [2.24, 2.45) is 5.92 Å². The van der Waals surface area contributed by atoms with Crippen LogP contribution in [0.3, 0.4) is 0 Å². The molecule has 5 nitrogen and oxygen atoms in total. The Balaban J connectivity index is 1.96. The number of amides is 1. The van der Waals surface area contributed by atoms with Gasteiger partial charge in [-0.15, -0.1) is 3.89 Å². The minimum absolute atomic E-state index is 0.0198. The van der Waals surface area contributed by atoms with Gasteiger partial charge in [-0.2, -0.15) is 8.42 Å². The van der Waals surface area contributed by atoms with Crippen LogP contribution in [0.25, 0.3) is 0 Å². The fraction of sp³-hybridized carbons (Fsp3) is 0.909. The Kier molecular flexibility index (Phi) is 3.91. The fourth-order valence-corrected chi connectivity index (χ4v) is 3.76. The summed E-state index contributed by atoms with van der Waals surface area (Å²) >= 11 is 0. The van der Waals surface area contributed by atoms with E-state index in [1.54, 1.807) is 4.90 Å². The van der Waals surface area contributed by atoms with Crippen molar-refractivity contribution in [2.75, 3.05) is 12.3 Å². The first-order valence-electron chi connectivity index (χ1n) is 6.25. The quantitative estimate of drug-likeness (QED) is 0.761. The lowest BCUT2D eigenvalue weighted by atomic mass is 9.92. The Morgan fingerprint density at radius 3 is 2.72 bits per heavy atom. The van der Waals surface area contributed by atoms with Gasteiger partial charge < -0.3 is 10.0 Å². The molecule has 104 valence electrons. The van der Waals surface area contributed by atoms with Gasteiger partial charge >= 0.3 is 10.2 Å². The number of rotatable bonds is 3. The maximum atomic E-state index is 12.6. The van der Waals surface area contributed by atoms with Crippen LogP contribution >= 0.6 is 0 Å². The highest BCUT2D eigenvalue weighted by Gasteiger charge is 2.37. The minimum atomic E-state index is -4.52. The molecule has 1 aliphatic carbocycles. The van der Waals surface area contributed by atoms with E-state index in [0.29, 0.717) is 13.0 Å². The van der Waals surface area contributed by atoms with E-state index in [2.05, 4.69) is 0 Å². The average molecular weight is 279 g/mol. The summed E-state index contributed by atoms with van der Waals surface area (Å²) in [6, 6.07) is -0.0198. The molecule has 0 bridgehead atoms. The molecule has 1 N–H and O–H groups in total. The highest BCUT2D eigenvalue weighted by atomic mass is 32.3. The van der Waals surface area contributed by atoms with Gasteiger partial charge in [0.25, 0.3) is 0 Å². The second-order valence-electron chi connectivity index (χ2n) is 5.30. The van der Waals surface area contributed by atoms with E-state index in [4.69, 9.17) is 0 Å². The average Bonchev–Trinajstić information content (AvgIpc) is 2.56. The van der Waals surface area contributed by atoms with Crippen molar-refractivity contribution in [3.8, 4) is 0 Å². The third-order valence-corrected chi connectivity index (χ3v) is 4.60. The third-order valence-electron chi connectivity index (χ3n) is 3.73. The van der Waals surface area contributed by atoms with E-state index >= 15 is 0 Å². The molecule has 1 heterocycles. The van der Waals surface area contributed by atoms with Gasteiger partial charge in [-0.25, -0.2) is 0 Å². The molecule has 0 radical (unpaired) electrons. The summed E-state index contributed by atoms with van der Waals surface area (Å²) in [5.74, 6) is -1.15. The Labute approximate surface area is 106 Å². The smallest absolute Gasteiger partial charge is 0.302 e. The number of nitrogens with zero attached hydrogens (tertiary/aromatic N) is 1. The molecule has 3 unspecified atom stereocenters. The molecule has 0 aromatic rings. The van der Waals surface area contributed by atoms with Crippen molar-refractivity contribution < 1.29 is 22.2 Å². The highest BCUT2D eigenvalue weighted by Crippen LogP contribution is 2.29. The van der Waals surface area contributed by atoms with E-state index in [9.17, 15) is 22.2 Å². The molecule has 0 aromatic heterocycles. The molecular formula is C11H18FNO4S. The van der Waals surface area contributed by atoms with E-state index in [1.807, 2.05) is 0 Å². The molecule has 0 aromatic carbocycles. The molecule has 1 aliphatic heterocycles. The first kappa shape index (κ1) is 13.7. The fourth-order valence-electron chi connectivity index (χ4n) is 2.98. The molecule has 2 fully saturated rings. The summed E-state index contributed by atoms with van der Waals surface area (Å²) in [6.45, 7) is 0.291. The summed E-state index contributed by atoms with van der Waals surface area (Å²) in [6.07, 6.45) is 2.69. The van der Waals surface area contributed by atoms with Crippen molar-refractivity contribution in [1.82, 2.24) is 4.90 Å². The topological polar surface area (TPSA) is 74.7 Å². The summed E-state index contributed by atoms with van der Waals surface area (Å²) in [7, 11) is -4.52. The Morgan fingerprint density at radius 2 is 2.11 bits per heavy atom. The van der Waals surface area contributed by atoms with Gasteiger partial charge in [0.1, 0.15) is 0 Å². The van der Waals surface area contributed by atoms with Gasteiger partial charge in [-0.1, -0.05) is 0 Å². The Hall–Kier alpha value is -0.690. The van der Waals surface area contributed by atoms with Crippen molar-refractivity contribution >= 4 is 16.1 Å². The van der Waals surface area contributed by atoms with Crippen molar-refractivity contribution in [3.63, 3.8) is 0 Å². The standard InChI is InChI=1S/C11H18FNO4S/c12-18(16,17)7-8-4-11(15)13(6-8)9-2-1-3-10(14)5-9/h8-10,14H,1-7H2. The van der Waals surface area contributed by atoms with Crippen LogP contribution in [0.2, 0.25) is 0 Å². The molecule has 1 saturated heterocycles. The minimum Gasteiger partial charge on any atom is -0.393 e. The van der Waals surface area contributed by atoms with E-state index in [1.165, 1.54) is 0 Å². The summed E-state index contributed by atoms with van der Waals surface area (Å²) < 4.78 is 33.8. The number of carbonyl (C=O) groups is 1. The van der Waals surface area contributed by atoms with Gasteiger partial charge in [0.05, 0.1) is 11.9 Å². The molecule has 0 spiro atoms. The monoisotopic (exact) mass is 279 g/mol. The maximum absolute atomic E-state index is 12.6. The van der Waals surface area contributed by atoms with Crippen molar-refractivity contribution in [1.29, 1.82) is 0 Å².